The van der Waals surface area contributed by atoms with Gasteiger partial charge in [-0.25, -0.2) is 0 Å². The number of hydrogen-bond acceptors (Lipinski definition) is 4. The average molecular weight is 314 g/mol. The first-order valence-corrected chi connectivity index (χ1v) is 7.68. The molecule has 0 radical (unpaired) electrons. The number of nitrogens with zero attached hydrogens (tertiary/aromatic N) is 2. The van der Waals surface area contributed by atoms with Crippen molar-refractivity contribution in [2.24, 2.45) is 10.2 Å². The van der Waals surface area contributed by atoms with Gasteiger partial charge >= 0.3 is 0 Å². The van der Waals surface area contributed by atoms with Crippen LogP contribution in [-0.2, 0) is 0 Å². The van der Waals surface area contributed by atoms with Crippen molar-refractivity contribution in [2.45, 2.75) is 0 Å². The highest BCUT2D eigenvalue weighted by atomic mass is 15.3. The third-order valence-corrected chi connectivity index (χ3v) is 3.27. The fourth-order valence-electron chi connectivity index (χ4n) is 2.11. The summed E-state index contributed by atoms with van der Waals surface area (Å²) in [5.74, 6) is 0. The van der Waals surface area contributed by atoms with Crippen molar-refractivity contribution in [3.8, 4) is 0 Å². The van der Waals surface area contributed by atoms with E-state index >= 15 is 0 Å². The predicted octanol–water partition coefficient (Wildman–Crippen LogP) is 4.58. The normalized spacial score (nSPS) is 11.0. The fraction of sp³-hybridized carbons (Fsp3) is 0. The maximum Gasteiger partial charge on any atom is 0.0561 e. The van der Waals surface area contributed by atoms with Gasteiger partial charge in [-0.1, -0.05) is 54.6 Å². The lowest BCUT2D eigenvalue weighted by molar-refractivity contribution is 1.34. The molecule has 0 saturated heterocycles. The summed E-state index contributed by atoms with van der Waals surface area (Å²) in [5.41, 5.74) is 9.92. The number of hydrogen-bond donors (Lipinski definition) is 2. The molecule has 0 aromatic heterocycles. The van der Waals surface area contributed by atoms with Gasteiger partial charge in [0.15, 0.2) is 0 Å². The van der Waals surface area contributed by atoms with Crippen LogP contribution >= 0.6 is 0 Å². The number of nitrogens with one attached hydrogen (secondary N) is 2. The Balaban J connectivity index is 1.59. The zero-order chi connectivity index (χ0) is 16.5. The summed E-state index contributed by atoms with van der Waals surface area (Å²) in [5, 5.41) is 8.49. The topological polar surface area (TPSA) is 48.8 Å². The summed E-state index contributed by atoms with van der Waals surface area (Å²) in [4.78, 5) is 0. The molecule has 0 aliphatic heterocycles. The van der Waals surface area contributed by atoms with E-state index in [0.717, 1.165) is 22.5 Å². The van der Waals surface area contributed by atoms with E-state index in [9.17, 15) is 0 Å². The molecule has 3 aromatic rings. The molecule has 4 heteroatoms. The number of benzene rings is 3. The van der Waals surface area contributed by atoms with E-state index < -0.39 is 0 Å². The third kappa shape index (κ3) is 4.81. The summed E-state index contributed by atoms with van der Waals surface area (Å²) in [6.45, 7) is 0. The van der Waals surface area contributed by atoms with Gasteiger partial charge in [0.05, 0.1) is 23.8 Å². The standard InChI is InChI=1S/C20H18N4/c1-3-10-19(11-4-1)23-21-15-17-8-7-9-18(14-17)16-22-24-20-12-5-2-6-13-20/h1-16,23-24H. The molecule has 3 rings (SSSR count). The minimum absolute atomic E-state index is 0.957. The molecule has 0 bridgehead atoms. The van der Waals surface area contributed by atoms with Gasteiger partial charge in [-0.2, -0.15) is 10.2 Å². The van der Waals surface area contributed by atoms with Crippen LogP contribution in [-0.4, -0.2) is 12.4 Å². The number of hydrazone groups is 2. The van der Waals surface area contributed by atoms with Crippen LogP contribution < -0.4 is 10.9 Å². The van der Waals surface area contributed by atoms with Gasteiger partial charge in [0.25, 0.3) is 0 Å². The minimum atomic E-state index is 0.957. The Morgan fingerprint density at radius 3 is 1.46 bits per heavy atom. The van der Waals surface area contributed by atoms with Crippen LogP contribution in [0.3, 0.4) is 0 Å². The minimum Gasteiger partial charge on any atom is -0.279 e. The third-order valence-electron chi connectivity index (χ3n) is 3.27. The first-order chi connectivity index (χ1) is 11.9. The number of para-hydroxylation sites is 2. The van der Waals surface area contributed by atoms with Crippen molar-refractivity contribution in [2.75, 3.05) is 10.9 Å². The molecule has 0 unspecified atom stereocenters. The van der Waals surface area contributed by atoms with Gasteiger partial charge in [-0.05, 0) is 41.5 Å². The molecular formula is C20H18N4. The predicted molar refractivity (Wildman–Crippen MR) is 102 cm³/mol. The second kappa shape index (κ2) is 8.29. The summed E-state index contributed by atoms with van der Waals surface area (Å²) in [6, 6.07) is 27.7. The van der Waals surface area contributed by atoms with Gasteiger partial charge < -0.3 is 0 Å². The Morgan fingerprint density at radius 2 is 1.00 bits per heavy atom. The van der Waals surface area contributed by atoms with E-state index in [-0.39, 0.29) is 0 Å². The van der Waals surface area contributed by atoms with E-state index in [1.54, 1.807) is 12.4 Å². The zero-order valence-corrected chi connectivity index (χ0v) is 13.1. The van der Waals surface area contributed by atoms with Crippen LogP contribution in [0.2, 0.25) is 0 Å². The van der Waals surface area contributed by atoms with Crippen molar-refractivity contribution in [1.29, 1.82) is 0 Å². The van der Waals surface area contributed by atoms with Crippen molar-refractivity contribution >= 4 is 23.8 Å². The molecule has 3 aromatic carbocycles. The maximum atomic E-state index is 4.25. The van der Waals surface area contributed by atoms with Crippen molar-refractivity contribution in [1.82, 2.24) is 0 Å². The molecule has 0 aliphatic carbocycles. The van der Waals surface area contributed by atoms with Crippen LogP contribution in [0.1, 0.15) is 11.1 Å². The summed E-state index contributed by atoms with van der Waals surface area (Å²) >= 11 is 0. The van der Waals surface area contributed by atoms with Crippen LogP contribution in [0.5, 0.6) is 0 Å². The van der Waals surface area contributed by atoms with Crippen molar-refractivity contribution in [3.63, 3.8) is 0 Å². The first kappa shape index (κ1) is 15.5. The smallest absolute Gasteiger partial charge is 0.0561 e. The Bertz CT molecular complexity index is 745. The van der Waals surface area contributed by atoms with Crippen molar-refractivity contribution < 1.29 is 0 Å². The average Bonchev–Trinajstić information content (AvgIpc) is 2.64. The van der Waals surface area contributed by atoms with Crippen LogP contribution in [0.25, 0.3) is 0 Å². The van der Waals surface area contributed by atoms with Crippen molar-refractivity contribution in [3.05, 3.63) is 96.1 Å². The highest BCUT2D eigenvalue weighted by Gasteiger charge is 1.92. The Hall–Kier alpha value is -3.40. The van der Waals surface area contributed by atoms with E-state index in [0.29, 0.717) is 0 Å². The van der Waals surface area contributed by atoms with Gasteiger partial charge in [-0.3, -0.25) is 10.9 Å². The maximum absolute atomic E-state index is 4.25. The highest BCUT2D eigenvalue weighted by Crippen LogP contribution is 2.06. The van der Waals surface area contributed by atoms with Crippen LogP contribution in [0.15, 0.2) is 95.1 Å². The molecular weight excluding hydrogens is 296 g/mol. The quantitative estimate of drug-likeness (QED) is 0.517. The largest absolute Gasteiger partial charge is 0.279 e. The summed E-state index contributed by atoms with van der Waals surface area (Å²) < 4.78 is 0. The van der Waals surface area contributed by atoms with Gasteiger partial charge in [-0.15, -0.1) is 0 Å². The molecule has 2 N–H and O–H groups in total. The van der Waals surface area contributed by atoms with Crippen LogP contribution in [0.4, 0.5) is 11.4 Å². The number of anilines is 2. The molecule has 0 aliphatic rings. The highest BCUT2D eigenvalue weighted by molar-refractivity contribution is 5.86. The van der Waals surface area contributed by atoms with Crippen LogP contribution in [0, 0.1) is 0 Å². The van der Waals surface area contributed by atoms with Gasteiger partial charge in [0.2, 0.25) is 0 Å². The van der Waals surface area contributed by atoms with Gasteiger partial charge in [0.1, 0.15) is 0 Å². The molecule has 118 valence electrons. The molecule has 0 amide bonds. The first-order valence-electron chi connectivity index (χ1n) is 7.68. The summed E-state index contributed by atoms with van der Waals surface area (Å²) in [6.07, 6.45) is 3.57. The zero-order valence-electron chi connectivity index (χ0n) is 13.1. The molecule has 0 saturated carbocycles. The Labute approximate surface area is 141 Å². The Kier molecular flexibility index (Phi) is 5.35. The summed E-state index contributed by atoms with van der Waals surface area (Å²) in [7, 11) is 0. The van der Waals surface area contributed by atoms with E-state index in [1.807, 2.05) is 84.9 Å². The Morgan fingerprint density at radius 1 is 0.542 bits per heavy atom. The second-order valence-electron chi connectivity index (χ2n) is 5.14. The van der Waals surface area contributed by atoms with Gasteiger partial charge in [0, 0.05) is 0 Å². The second-order valence-corrected chi connectivity index (χ2v) is 5.14. The lowest BCUT2D eigenvalue weighted by atomic mass is 10.1. The fourth-order valence-corrected chi connectivity index (χ4v) is 2.11. The molecule has 24 heavy (non-hydrogen) atoms. The van der Waals surface area contributed by atoms with E-state index in [1.165, 1.54) is 0 Å². The lowest BCUT2D eigenvalue weighted by Crippen LogP contribution is -1.93. The SMILES string of the molecule is C(=NNc1ccccc1)c1cccc(C=NNc2ccccc2)c1. The van der Waals surface area contributed by atoms with E-state index in [2.05, 4.69) is 21.1 Å². The number of rotatable bonds is 6. The molecule has 0 spiro atoms. The molecule has 0 fully saturated rings. The lowest BCUT2D eigenvalue weighted by Gasteiger charge is -2.00. The molecule has 0 heterocycles. The monoisotopic (exact) mass is 314 g/mol. The molecule has 0 atom stereocenters. The molecule has 4 nitrogen and oxygen atoms in total. The van der Waals surface area contributed by atoms with E-state index in [4.69, 9.17) is 0 Å².